The molecule has 1 aromatic rings. The number of nitrogens with one attached hydrogen (secondary N) is 1. The third-order valence-corrected chi connectivity index (χ3v) is 5.90. The number of carbonyl (C=O) groups is 2. The molecule has 5 nitrogen and oxygen atoms in total. The maximum atomic E-state index is 14.8. The fourth-order valence-corrected chi connectivity index (χ4v) is 4.29. The second kappa shape index (κ2) is 10.4. The summed E-state index contributed by atoms with van der Waals surface area (Å²) in [7, 11) is 0. The Bertz CT molecular complexity index is 846. The number of carbonyl (C=O) groups excluding carboxylic acids is 2. The molecule has 1 N–H and O–H groups in total. The van der Waals surface area contributed by atoms with Crippen molar-refractivity contribution in [1.82, 2.24) is 5.32 Å². The molecule has 3 aliphatic rings. The predicted molar refractivity (Wildman–Crippen MR) is 117 cm³/mol. The van der Waals surface area contributed by atoms with E-state index in [4.69, 9.17) is 4.74 Å². The number of nitrogens with zero attached hydrogens (tertiary/aromatic N) is 1. The number of fused-ring (bicyclic) bond motifs is 1. The Kier molecular flexibility index (Phi) is 7.81. The van der Waals surface area contributed by atoms with Crippen LogP contribution in [0.15, 0.2) is 12.1 Å². The third-order valence-electron chi connectivity index (χ3n) is 5.90. The Labute approximate surface area is 182 Å². The minimum atomic E-state index is -1.07. The molecule has 2 aliphatic heterocycles. The van der Waals surface area contributed by atoms with Crippen LogP contribution < -0.4 is 10.2 Å². The van der Waals surface area contributed by atoms with Crippen LogP contribution in [0.4, 0.5) is 14.5 Å². The normalized spacial score (nSPS) is 22.9. The zero-order valence-electron chi connectivity index (χ0n) is 18.5. The summed E-state index contributed by atoms with van der Waals surface area (Å²) in [6.45, 7) is 6.96. The largest absolute Gasteiger partial charge is 0.465 e. The van der Waals surface area contributed by atoms with Gasteiger partial charge >= 0.3 is 5.97 Å². The van der Waals surface area contributed by atoms with Gasteiger partial charge in [-0.1, -0.05) is 26.0 Å². The van der Waals surface area contributed by atoms with E-state index in [9.17, 15) is 18.4 Å². The summed E-state index contributed by atoms with van der Waals surface area (Å²) in [5.41, 5.74) is 0.576. The zero-order chi connectivity index (χ0) is 22.5. The van der Waals surface area contributed by atoms with Crippen LogP contribution in [0.5, 0.6) is 0 Å². The molecule has 2 unspecified atom stereocenters. The van der Waals surface area contributed by atoms with Gasteiger partial charge in [0, 0.05) is 29.8 Å². The number of ether oxygens (including phenoxy) is 1. The van der Waals surface area contributed by atoms with Gasteiger partial charge in [-0.2, -0.15) is 0 Å². The van der Waals surface area contributed by atoms with Crippen molar-refractivity contribution in [3.63, 3.8) is 0 Å². The Morgan fingerprint density at radius 2 is 2.03 bits per heavy atom. The standard InChI is InChI=1S/C22H26F2N2O3.C2H6/c1-2-29-22(28)17-12-26(14-8-9-14)20-15(7-3-5-13-6-4-10-25-13)19(24)18(23)11-16(20)21(17)27;1-2/h3,7,11,13-14,17,25H,2,4-6,8-10,12H2,1H3;1-2H3/b7-3-;. The van der Waals surface area contributed by atoms with Crippen LogP contribution >= 0.6 is 0 Å². The molecule has 2 fully saturated rings. The molecular weight excluding hydrogens is 402 g/mol. The molecule has 0 amide bonds. The highest BCUT2D eigenvalue weighted by Crippen LogP contribution is 2.42. The zero-order valence-corrected chi connectivity index (χ0v) is 18.5. The molecule has 0 bridgehead atoms. The molecule has 2 atom stereocenters. The van der Waals surface area contributed by atoms with Crippen molar-refractivity contribution < 1.29 is 23.1 Å². The van der Waals surface area contributed by atoms with E-state index in [1.807, 2.05) is 24.8 Å². The van der Waals surface area contributed by atoms with Crippen LogP contribution in [0.25, 0.3) is 6.08 Å². The van der Waals surface area contributed by atoms with Crippen LogP contribution in [0.3, 0.4) is 0 Å². The molecule has 1 aliphatic carbocycles. The lowest BCUT2D eigenvalue weighted by molar-refractivity contribution is -0.145. The molecule has 0 spiro atoms. The van der Waals surface area contributed by atoms with Crippen LogP contribution in [-0.4, -0.2) is 43.5 Å². The lowest BCUT2D eigenvalue weighted by Gasteiger charge is -2.35. The van der Waals surface area contributed by atoms with Crippen LogP contribution in [0, 0.1) is 17.6 Å². The SMILES string of the molecule is CC.CCOC(=O)C1CN(C2CC2)c2c(cc(F)c(F)c2/C=C\CC2CCCN2)C1=O. The highest BCUT2D eigenvalue weighted by molar-refractivity contribution is 6.14. The second-order valence-corrected chi connectivity index (χ2v) is 7.97. The summed E-state index contributed by atoms with van der Waals surface area (Å²) in [4.78, 5) is 27.2. The fraction of sp³-hybridized carbons (Fsp3) is 0.583. The van der Waals surface area contributed by atoms with E-state index in [1.54, 1.807) is 13.0 Å². The second-order valence-electron chi connectivity index (χ2n) is 7.97. The van der Waals surface area contributed by atoms with E-state index in [0.717, 1.165) is 38.3 Å². The minimum absolute atomic E-state index is 0.0683. The minimum Gasteiger partial charge on any atom is -0.465 e. The van der Waals surface area contributed by atoms with Gasteiger partial charge in [-0.05, 0) is 51.6 Å². The van der Waals surface area contributed by atoms with Gasteiger partial charge in [-0.25, -0.2) is 8.78 Å². The predicted octanol–water partition coefficient (Wildman–Crippen LogP) is 4.49. The molecule has 2 heterocycles. The number of Topliss-reactive ketones (excluding diaryl/α,β-unsaturated/α-hetero) is 1. The highest BCUT2D eigenvalue weighted by atomic mass is 19.2. The van der Waals surface area contributed by atoms with E-state index in [1.165, 1.54) is 0 Å². The van der Waals surface area contributed by atoms with Gasteiger partial charge in [0.15, 0.2) is 17.4 Å². The monoisotopic (exact) mass is 434 g/mol. The van der Waals surface area contributed by atoms with Crippen molar-refractivity contribution in [1.29, 1.82) is 0 Å². The molecule has 0 aromatic heterocycles. The van der Waals surface area contributed by atoms with Crippen LogP contribution in [0.1, 0.15) is 68.8 Å². The Morgan fingerprint density at radius 3 is 2.65 bits per heavy atom. The smallest absolute Gasteiger partial charge is 0.318 e. The van der Waals surface area contributed by atoms with Gasteiger partial charge in [-0.15, -0.1) is 0 Å². The first-order chi connectivity index (χ1) is 15.0. The summed E-state index contributed by atoms with van der Waals surface area (Å²) in [5, 5.41) is 3.37. The average Bonchev–Trinajstić information content (AvgIpc) is 3.48. The van der Waals surface area contributed by atoms with E-state index >= 15 is 0 Å². The molecule has 0 radical (unpaired) electrons. The molecule has 1 aromatic carbocycles. The van der Waals surface area contributed by atoms with Gasteiger partial charge in [0.05, 0.1) is 12.3 Å². The van der Waals surface area contributed by atoms with Crippen molar-refractivity contribution >= 4 is 23.5 Å². The Hall–Kier alpha value is -2.28. The van der Waals surface area contributed by atoms with Crippen molar-refractivity contribution in [3.05, 3.63) is 34.9 Å². The summed E-state index contributed by atoms with van der Waals surface area (Å²) >= 11 is 0. The quantitative estimate of drug-likeness (QED) is 0.528. The highest BCUT2D eigenvalue weighted by Gasteiger charge is 2.44. The Balaban J connectivity index is 0.00000132. The van der Waals surface area contributed by atoms with Crippen LogP contribution in [-0.2, 0) is 9.53 Å². The first kappa shape index (κ1) is 23.4. The maximum absolute atomic E-state index is 14.8. The van der Waals surface area contributed by atoms with Gasteiger partial charge in [-0.3, -0.25) is 9.59 Å². The molecule has 4 rings (SSSR count). The molecule has 1 saturated heterocycles. The maximum Gasteiger partial charge on any atom is 0.318 e. The third kappa shape index (κ3) is 4.97. The van der Waals surface area contributed by atoms with Crippen molar-refractivity contribution in [3.8, 4) is 0 Å². The van der Waals surface area contributed by atoms with Crippen molar-refractivity contribution in [2.75, 3.05) is 24.6 Å². The number of hydrogen-bond donors (Lipinski definition) is 1. The van der Waals surface area contributed by atoms with Crippen LogP contribution in [0.2, 0.25) is 0 Å². The summed E-state index contributed by atoms with van der Waals surface area (Å²) in [6, 6.07) is 1.41. The summed E-state index contributed by atoms with van der Waals surface area (Å²) < 4.78 is 34.2. The number of hydrogen-bond acceptors (Lipinski definition) is 5. The fourth-order valence-electron chi connectivity index (χ4n) is 4.29. The number of benzene rings is 1. The number of halogens is 2. The number of anilines is 1. The van der Waals surface area contributed by atoms with Gasteiger partial charge in [0.1, 0.15) is 5.92 Å². The number of ketones is 1. The molecule has 31 heavy (non-hydrogen) atoms. The molecular formula is C24H32F2N2O3. The van der Waals surface area contributed by atoms with Gasteiger partial charge < -0.3 is 15.0 Å². The number of esters is 1. The van der Waals surface area contributed by atoms with Crippen molar-refractivity contribution in [2.24, 2.45) is 5.92 Å². The lowest BCUT2D eigenvalue weighted by atomic mass is 9.88. The molecule has 170 valence electrons. The first-order valence-corrected chi connectivity index (χ1v) is 11.4. The van der Waals surface area contributed by atoms with Gasteiger partial charge in [0.2, 0.25) is 0 Å². The Morgan fingerprint density at radius 1 is 1.29 bits per heavy atom. The van der Waals surface area contributed by atoms with E-state index < -0.39 is 29.3 Å². The van der Waals surface area contributed by atoms with E-state index in [2.05, 4.69) is 5.32 Å². The summed E-state index contributed by atoms with van der Waals surface area (Å²) in [5.74, 6) is -4.14. The first-order valence-electron chi connectivity index (χ1n) is 11.4. The molecule has 1 saturated carbocycles. The lowest BCUT2D eigenvalue weighted by Crippen LogP contribution is -2.45. The average molecular weight is 435 g/mol. The summed E-state index contributed by atoms with van der Waals surface area (Å²) in [6.07, 6.45) is 8.12. The topological polar surface area (TPSA) is 58.6 Å². The van der Waals surface area contributed by atoms with E-state index in [-0.39, 0.29) is 30.3 Å². The molecule has 7 heteroatoms. The van der Waals surface area contributed by atoms with Crippen molar-refractivity contribution in [2.45, 2.75) is 65.0 Å². The van der Waals surface area contributed by atoms with Gasteiger partial charge in [0.25, 0.3) is 0 Å². The number of rotatable bonds is 6. The van der Waals surface area contributed by atoms with E-state index in [0.29, 0.717) is 18.2 Å².